The Labute approximate surface area is 97.9 Å². The average Bonchev–Trinajstić information content (AvgIpc) is 2.27. The molecular weight excluding hydrogens is 224 g/mol. The van der Waals surface area contributed by atoms with Crippen LogP contribution in [0, 0.1) is 28.4 Å². The van der Waals surface area contributed by atoms with Gasteiger partial charge >= 0.3 is 0 Å². The van der Waals surface area contributed by atoms with Crippen molar-refractivity contribution in [3.63, 3.8) is 0 Å². The zero-order valence-corrected chi connectivity index (χ0v) is 9.20. The highest BCUT2D eigenvalue weighted by atomic mass is 16.6. The van der Waals surface area contributed by atoms with Crippen molar-refractivity contribution in [2.75, 3.05) is 0 Å². The van der Waals surface area contributed by atoms with Gasteiger partial charge in [0, 0.05) is 6.07 Å². The summed E-state index contributed by atoms with van der Waals surface area (Å²) >= 11 is 0. The molecule has 6 heteroatoms. The van der Waals surface area contributed by atoms with Gasteiger partial charge in [0.2, 0.25) is 0 Å². The van der Waals surface area contributed by atoms with E-state index in [1.54, 1.807) is 19.1 Å². The largest absolute Gasteiger partial charge is 0.389 e. The van der Waals surface area contributed by atoms with Crippen molar-refractivity contribution in [2.45, 2.75) is 25.6 Å². The van der Waals surface area contributed by atoms with Crippen LogP contribution in [0.25, 0.3) is 0 Å². The molecule has 0 spiro atoms. The molecule has 90 valence electrons. The predicted molar refractivity (Wildman–Crippen MR) is 59.0 cm³/mol. The molecule has 0 saturated carbocycles. The van der Waals surface area contributed by atoms with Crippen LogP contribution in [0.5, 0.6) is 0 Å². The Morgan fingerprint density at radius 2 is 2.18 bits per heavy atom. The van der Waals surface area contributed by atoms with Gasteiger partial charge in [-0.25, -0.2) is 0 Å². The Morgan fingerprint density at radius 3 is 2.71 bits per heavy atom. The van der Waals surface area contributed by atoms with Gasteiger partial charge in [-0.05, 0) is 13.0 Å². The topological polar surface area (TPSA) is 107 Å². The molecule has 0 aromatic heterocycles. The fourth-order valence-corrected chi connectivity index (χ4v) is 1.49. The van der Waals surface area contributed by atoms with Gasteiger partial charge in [0.25, 0.3) is 5.69 Å². The van der Waals surface area contributed by atoms with E-state index in [9.17, 15) is 20.3 Å². The Morgan fingerprint density at radius 1 is 1.53 bits per heavy atom. The van der Waals surface area contributed by atoms with Crippen LogP contribution < -0.4 is 0 Å². The number of benzene rings is 1. The molecule has 1 aromatic rings. The standard InChI is InChI=1S/C11H12N2O4/c1-7-2-3-9(13(16)17)8(6-7)11(15)10(14)4-5-12/h2-3,6,10-11,14-15H,4H2,1H3. The Hall–Kier alpha value is -1.97. The van der Waals surface area contributed by atoms with Crippen LogP contribution in [0.4, 0.5) is 5.69 Å². The molecule has 0 amide bonds. The van der Waals surface area contributed by atoms with Gasteiger partial charge in [-0.15, -0.1) is 0 Å². The van der Waals surface area contributed by atoms with Gasteiger partial charge in [-0.2, -0.15) is 5.26 Å². The maximum absolute atomic E-state index is 10.8. The maximum atomic E-state index is 10.8. The number of rotatable bonds is 4. The monoisotopic (exact) mass is 236 g/mol. The summed E-state index contributed by atoms with van der Waals surface area (Å²) in [4.78, 5) is 10.1. The third kappa shape index (κ3) is 3.00. The van der Waals surface area contributed by atoms with Gasteiger partial charge in [-0.3, -0.25) is 10.1 Å². The first-order chi connectivity index (χ1) is 7.97. The lowest BCUT2D eigenvalue weighted by atomic mass is 9.99. The van der Waals surface area contributed by atoms with Crippen LogP contribution in [0.1, 0.15) is 23.7 Å². The summed E-state index contributed by atoms with van der Waals surface area (Å²) in [6.45, 7) is 1.72. The number of nitrogens with zero attached hydrogens (tertiary/aromatic N) is 2. The van der Waals surface area contributed by atoms with Crippen LogP contribution >= 0.6 is 0 Å². The number of aliphatic hydroxyl groups is 2. The zero-order chi connectivity index (χ0) is 13.0. The molecule has 2 unspecified atom stereocenters. The van der Waals surface area contributed by atoms with E-state index in [1.807, 2.05) is 0 Å². The smallest absolute Gasteiger partial charge is 0.275 e. The minimum absolute atomic E-state index is 0.0257. The number of aliphatic hydroxyl groups excluding tert-OH is 2. The summed E-state index contributed by atoms with van der Waals surface area (Å²) < 4.78 is 0. The summed E-state index contributed by atoms with van der Waals surface area (Å²) in [6.07, 6.45) is -3.05. The average molecular weight is 236 g/mol. The van der Waals surface area contributed by atoms with Crippen molar-refractivity contribution >= 4 is 5.69 Å². The Bertz CT molecular complexity index is 467. The molecule has 17 heavy (non-hydrogen) atoms. The second-order valence-corrected chi connectivity index (χ2v) is 3.69. The molecule has 0 heterocycles. The highest BCUT2D eigenvalue weighted by molar-refractivity contribution is 5.44. The fraction of sp³-hybridized carbons (Fsp3) is 0.364. The van der Waals surface area contributed by atoms with E-state index in [0.29, 0.717) is 0 Å². The molecule has 0 aliphatic carbocycles. The number of hydrogen-bond acceptors (Lipinski definition) is 5. The molecule has 0 aliphatic rings. The molecule has 2 atom stereocenters. The summed E-state index contributed by atoms with van der Waals surface area (Å²) in [7, 11) is 0. The molecule has 1 aromatic carbocycles. The van der Waals surface area contributed by atoms with Crippen molar-refractivity contribution in [3.05, 3.63) is 39.4 Å². The van der Waals surface area contributed by atoms with Gasteiger partial charge < -0.3 is 10.2 Å². The summed E-state index contributed by atoms with van der Waals surface area (Å²) in [5.74, 6) is 0. The molecule has 0 saturated heterocycles. The zero-order valence-electron chi connectivity index (χ0n) is 9.20. The number of nitro benzene ring substituents is 1. The number of nitro groups is 1. The molecule has 0 aliphatic heterocycles. The fourth-order valence-electron chi connectivity index (χ4n) is 1.49. The molecular formula is C11H12N2O4. The molecule has 6 nitrogen and oxygen atoms in total. The first kappa shape index (κ1) is 13.1. The van der Waals surface area contributed by atoms with E-state index in [2.05, 4.69) is 0 Å². The molecule has 0 bridgehead atoms. The van der Waals surface area contributed by atoms with Gasteiger partial charge in [0.15, 0.2) is 0 Å². The van der Waals surface area contributed by atoms with Crippen molar-refractivity contribution in [1.29, 1.82) is 5.26 Å². The van der Waals surface area contributed by atoms with Gasteiger partial charge in [-0.1, -0.05) is 11.6 Å². The highest BCUT2D eigenvalue weighted by Gasteiger charge is 2.26. The van der Waals surface area contributed by atoms with Crippen molar-refractivity contribution in [2.24, 2.45) is 0 Å². The Balaban J connectivity index is 3.15. The highest BCUT2D eigenvalue weighted by Crippen LogP contribution is 2.29. The summed E-state index contributed by atoms with van der Waals surface area (Å²) in [6, 6.07) is 5.95. The Kier molecular flexibility index (Phi) is 4.15. The second-order valence-electron chi connectivity index (χ2n) is 3.69. The van der Waals surface area contributed by atoms with Crippen molar-refractivity contribution in [1.82, 2.24) is 0 Å². The lowest BCUT2D eigenvalue weighted by molar-refractivity contribution is -0.386. The van der Waals surface area contributed by atoms with E-state index in [-0.39, 0.29) is 17.7 Å². The third-order valence-corrected chi connectivity index (χ3v) is 2.36. The minimum Gasteiger partial charge on any atom is -0.389 e. The quantitative estimate of drug-likeness (QED) is 0.603. The van der Waals surface area contributed by atoms with E-state index in [4.69, 9.17) is 5.26 Å². The maximum Gasteiger partial charge on any atom is 0.275 e. The molecule has 2 N–H and O–H groups in total. The van der Waals surface area contributed by atoms with Gasteiger partial charge in [0.1, 0.15) is 6.10 Å². The van der Waals surface area contributed by atoms with Crippen LogP contribution in [0.15, 0.2) is 18.2 Å². The predicted octanol–water partition coefficient (Wildman–Crippen LogP) is 1.21. The van der Waals surface area contributed by atoms with Gasteiger partial charge in [0.05, 0.1) is 29.1 Å². The number of nitriles is 1. The van der Waals surface area contributed by atoms with E-state index < -0.39 is 17.1 Å². The second kappa shape index (κ2) is 5.39. The number of hydrogen-bond donors (Lipinski definition) is 2. The molecule has 0 fully saturated rings. The molecule has 0 radical (unpaired) electrons. The van der Waals surface area contributed by atoms with E-state index in [0.717, 1.165) is 5.56 Å². The first-order valence-corrected chi connectivity index (χ1v) is 4.95. The first-order valence-electron chi connectivity index (χ1n) is 4.95. The van der Waals surface area contributed by atoms with Crippen LogP contribution in [0.2, 0.25) is 0 Å². The summed E-state index contributed by atoms with van der Waals surface area (Å²) in [5.41, 5.74) is 0.492. The van der Waals surface area contributed by atoms with E-state index in [1.165, 1.54) is 12.1 Å². The van der Waals surface area contributed by atoms with Crippen molar-refractivity contribution < 1.29 is 15.1 Å². The normalized spacial score (nSPS) is 13.8. The van der Waals surface area contributed by atoms with Crippen LogP contribution in [0.3, 0.4) is 0 Å². The van der Waals surface area contributed by atoms with Crippen molar-refractivity contribution in [3.8, 4) is 6.07 Å². The molecule has 1 rings (SSSR count). The third-order valence-electron chi connectivity index (χ3n) is 2.36. The minimum atomic E-state index is -1.44. The SMILES string of the molecule is Cc1ccc([N+](=O)[O-])c(C(O)C(O)CC#N)c1. The lowest BCUT2D eigenvalue weighted by Crippen LogP contribution is -2.18. The van der Waals surface area contributed by atoms with E-state index >= 15 is 0 Å². The summed E-state index contributed by atoms with van der Waals surface area (Å²) in [5, 5.41) is 38.4. The van der Waals surface area contributed by atoms with Crippen LogP contribution in [-0.4, -0.2) is 21.2 Å². The lowest BCUT2D eigenvalue weighted by Gasteiger charge is -2.15. The number of aryl methyl sites for hydroxylation is 1. The van der Waals surface area contributed by atoms with Crippen LogP contribution in [-0.2, 0) is 0 Å².